The van der Waals surface area contributed by atoms with Crippen molar-refractivity contribution in [2.24, 2.45) is 0 Å². The monoisotopic (exact) mass is 239 g/mol. The number of oxazole rings is 1. The highest BCUT2D eigenvalue weighted by atomic mass is 32.1. The van der Waals surface area contributed by atoms with Crippen molar-refractivity contribution in [2.45, 2.75) is 18.6 Å². The van der Waals surface area contributed by atoms with Crippen molar-refractivity contribution < 1.29 is 14.6 Å². The molecule has 0 aliphatic carbocycles. The van der Waals surface area contributed by atoms with Crippen molar-refractivity contribution in [2.75, 3.05) is 5.75 Å². The molecule has 1 aromatic carbocycles. The molecule has 0 saturated carbocycles. The molecule has 2 N–H and O–H groups in total. The first-order valence-corrected chi connectivity index (χ1v) is 5.66. The number of hydrogen-bond acceptors (Lipinski definition) is 5. The standard InChI is InChI=1S/C11H13NO3S/c13-9(3-4-16)11(14)7-1-2-10-8(5-7)12-6-15-10/h1-2,5-6,9,11,13-14,16H,3-4H2. The number of aromatic nitrogens is 1. The van der Waals surface area contributed by atoms with Gasteiger partial charge in [-0.2, -0.15) is 12.6 Å². The molecule has 0 spiro atoms. The van der Waals surface area contributed by atoms with Crippen LogP contribution in [0.2, 0.25) is 0 Å². The lowest BCUT2D eigenvalue weighted by Gasteiger charge is -2.16. The van der Waals surface area contributed by atoms with E-state index in [2.05, 4.69) is 17.6 Å². The molecular weight excluding hydrogens is 226 g/mol. The van der Waals surface area contributed by atoms with Crippen LogP contribution in [0.4, 0.5) is 0 Å². The molecule has 4 nitrogen and oxygen atoms in total. The molecule has 0 amide bonds. The number of rotatable bonds is 4. The molecule has 0 aliphatic rings. The lowest BCUT2D eigenvalue weighted by atomic mass is 10.0. The van der Waals surface area contributed by atoms with E-state index in [1.807, 2.05) is 0 Å². The van der Waals surface area contributed by atoms with Crippen LogP contribution in [0.1, 0.15) is 18.1 Å². The van der Waals surface area contributed by atoms with E-state index in [9.17, 15) is 10.2 Å². The van der Waals surface area contributed by atoms with Gasteiger partial charge in [0.15, 0.2) is 12.0 Å². The minimum Gasteiger partial charge on any atom is -0.443 e. The van der Waals surface area contributed by atoms with Crippen LogP contribution in [-0.2, 0) is 0 Å². The third-order valence-corrected chi connectivity index (χ3v) is 2.74. The Morgan fingerprint density at radius 1 is 1.38 bits per heavy atom. The Labute approximate surface area is 98.3 Å². The van der Waals surface area contributed by atoms with Crippen molar-refractivity contribution in [1.82, 2.24) is 4.98 Å². The predicted octanol–water partition coefficient (Wildman–Crippen LogP) is 1.54. The molecule has 16 heavy (non-hydrogen) atoms. The van der Waals surface area contributed by atoms with E-state index in [0.717, 1.165) is 0 Å². The Kier molecular flexibility index (Phi) is 3.48. The Balaban J connectivity index is 2.24. The van der Waals surface area contributed by atoms with E-state index < -0.39 is 12.2 Å². The fourth-order valence-electron chi connectivity index (χ4n) is 1.57. The molecule has 0 bridgehead atoms. The Morgan fingerprint density at radius 3 is 2.94 bits per heavy atom. The maximum absolute atomic E-state index is 9.87. The molecule has 2 atom stereocenters. The zero-order chi connectivity index (χ0) is 11.5. The van der Waals surface area contributed by atoms with Crippen LogP contribution in [-0.4, -0.2) is 27.1 Å². The summed E-state index contributed by atoms with van der Waals surface area (Å²) in [5.41, 5.74) is 1.98. The van der Waals surface area contributed by atoms with E-state index in [1.165, 1.54) is 6.39 Å². The highest BCUT2D eigenvalue weighted by Crippen LogP contribution is 2.23. The number of thiol groups is 1. The summed E-state index contributed by atoms with van der Waals surface area (Å²) < 4.78 is 5.09. The molecule has 86 valence electrons. The highest BCUT2D eigenvalue weighted by molar-refractivity contribution is 7.80. The number of hydrogen-bond donors (Lipinski definition) is 3. The minimum absolute atomic E-state index is 0.446. The van der Waals surface area contributed by atoms with Gasteiger partial charge in [-0.15, -0.1) is 0 Å². The first-order chi connectivity index (χ1) is 7.72. The van der Waals surface area contributed by atoms with Gasteiger partial charge in [-0.25, -0.2) is 4.98 Å². The van der Waals surface area contributed by atoms with Gasteiger partial charge in [0, 0.05) is 0 Å². The van der Waals surface area contributed by atoms with Crippen molar-refractivity contribution in [1.29, 1.82) is 0 Å². The first kappa shape index (κ1) is 11.4. The third-order valence-electron chi connectivity index (χ3n) is 2.49. The lowest BCUT2D eigenvalue weighted by Crippen LogP contribution is -2.18. The van der Waals surface area contributed by atoms with Crippen LogP contribution in [0.15, 0.2) is 29.0 Å². The Morgan fingerprint density at radius 2 is 2.19 bits per heavy atom. The van der Waals surface area contributed by atoms with Crippen molar-refractivity contribution in [3.05, 3.63) is 30.2 Å². The second kappa shape index (κ2) is 4.86. The second-order valence-electron chi connectivity index (χ2n) is 3.60. The molecule has 0 saturated heterocycles. The molecule has 5 heteroatoms. The van der Waals surface area contributed by atoms with E-state index in [-0.39, 0.29) is 0 Å². The zero-order valence-electron chi connectivity index (χ0n) is 8.58. The van der Waals surface area contributed by atoms with Crippen LogP contribution in [0, 0.1) is 0 Å². The second-order valence-corrected chi connectivity index (χ2v) is 4.05. The molecule has 0 fully saturated rings. The molecular formula is C11H13NO3S. The average Bonchev–Trinajstić information content (AvgIpc) is 2.75. The normalized spacial score (nSPS) is 15.2. The molecule has 0 aliphatic heterocycles. The van der Waals surface area contributed by atoms with Crippen LogP contribution < -0.4 is 0 Å². The van der Waals surface area contributed by atoms with Crippen molar-refractivity contribution in [3.8, 4) is 0 Å². The summed E-state index contributed by atoms with van der Waals surface area (Å²) in [4.78, 5) is 3.99. The van der Waals surface area contributed by atoms with Gasteiger partial charge < -0.3 is 14.6 Å². The van der Waals surface area contributed by atoms with Gasteiger partial charge in [0.2, 0.25) is 0 Å². The summed E-state index contributed by atoms with van der Waals surface area (Å²) in [5.74, 6) is 0.532. The number of fused-ring (bicyclic) bond motifs is 1. The SMILES string of the molecule is OC(CCS)C(O)c1ccc2ocnc2c1. The van der Waals surface area contributed by atoms with Crippen LogP contribution >= 0.6 is 12.6 Å². The van der Waals surface area contributed by atoms with Gasteiger partial charge in [0.1, 0.15) is 11.6 Å². The summed E-state index contributed by atoms with van der Waals surface area (Å²) in [6.07, 6.45) is 0.0849. The largest absolute Gasteiger partial charge is 0.443 e. The van der Waals surface area contributed by atoms with Gasteiger partial charge in [-0.1, -0.05) is 6.07 Å². The molecule has 2 unspecified atom stereocenters. The summed E-state index contributed by atoms with van der Waals surface area (Å²) >= 11 is 4.02. The fraction of sp³-hybridized carbons (Fsp3) is 0.364. The first-order valence-electron chi connectivity index (χ1n) is 5.02. The fourth-order valence-corrected chi connectivity index (χ4v) is 1.84. The topological polar surface area (TPSA) is 66.5 Å². The highest BCUT2D eigenvalue weighted by Gasteiger charge is 2.18. The number of benzene rings is 1. The number of aliphatic hydroxyl groups excluding tert-OH is 2. The predicted molar refractivity (Wildman–Crippen MR) is 63.4 cm³/mol. The van der Waals surface area contributed by atoms with Gasteiger partial charge in [0.25, 0.3) is 0 Å². The minimum atomic E-state index is -0.909. The maximum atomic E-state index is 9.87. The van der Waals surface area contributed by atoms with Gasteiger partial charge >= 0.3 is 0 Å². The molecule has 2 rings (SSSR count). The smallest absolute Gasteiger partial charge is 0.181 e. The van der Waals surface area contributed by atoms with Crippen molar-refractivity contribution in [3.63, 3.8) is 0 Å². The van der Waals surface area contributed by atoms with Gasteiger partial charge in [-0.3, -0.25) is 0 Å². The van der Waals surface area contributed by atoms with E-state index in [1.54, 1.807) is 18.2 Å². The van der Waals surface area contributed by atoms with Crippen molar-refractivity contribution >= 4 is 23.7 Å². The lowest BCUT2D eigenvalue weighted by molar-refractivity contribution is 0.0173. The summed E-state index contributed by atoms with van der Waals surface area (Å²) in [6.45, 7) is 0. The third kappa shape index (κ3) is 2.21. The number of nitrogens with zero attached hydrogens (tertiary/aromatic N) is 1. The molecule has 1 aromatic heterocycles. The van der Waals surface area contributed by atoms with Crippen LogP contribution in [0.25, 0.3) is 11.1 Å². The number of aliphatic hydroxyl groups is 2. The average molecular weight is 239 g/mol. The maximum Gasteiger partial charge on any atom is 0.181 e. The van der Waals surface area contributed by atoms with Gasteiger partial charge in [0.05, 0.1) is 6.10 Å². The van der Waals surface area contributed by atoms with E-state index in [0.29, 0.717) is 28.8 Å². The summed E-state index contributed by atoms with van der Waals surface area (Å²) in [5, 5.41) is 19.5. The summed E-state index contributed by atoms with van der Waals surface area (Å²) in [6, 6.07) is 5.17. The molecule has 0 radical (unpaired) electrons. The van der Waals surface area contributed by atoms with Crippen LogP contribution in [0.3, 0.4) is 0 Å². The quantitative estimate of drug-likeness (QED) is 0.708. The Bertz CT molecular complexity index is 471. The molecule has 2 aromatic rings. The van der Waals surface area contributed by atoms with Crippen LogP contribution in [0.5, 0.6) is 0 Å². The van der Waals surface area contributed by atoms with E-state index >= 15 is 0 Å². The molecule has 1 heterocycles. The zero-order valence-corrected chi connectivity index (χ0v) is 9.47. The summed E-state index contributed by atoms with van der Waals surface area (Å²) in [7, 11) is 0. The van der Waals surface area contributed by atoms with Gasteiger partial charge in [-0.05, 0) is 29.9 Å². The van der Waals surface area contributed by atoms with E-state index in [4.69, 9.17) is 4.42 Å². The Hall–Kier alpha value is -1.04.